The van der Waals surface area contributed by atoms with Crippen LogP contribution in [0.5, 0.6) is 11.5 Å². The lowest BCUT2D eigenvalue weighted by atomic mass is 9.45. The van der Waals surface area contributed by atoms with Crippen LogP contribution in [0.15, 0.2) is 121 Å². The van der Waals surface area contributed by atoms with Crippen LogP contribution in [-0.4, -0.2) is 32.1 Å². The first-order valence-corrected chi connectivity index (χ1v) is 19.5. The number of carboxylic acids is 2. The summed E-state index contributed by atoms with van der Waals surface area (Å²) in [6.07, 6.45) is 6.99. The first-order chi connectivity index (χ1) is 26.9. The molecule has 2 N–H and O–H groups in total. The van der Waals surface area contributed by atoms with Gasteiger partial charge in [-0.15, -0.1) is 0 Å². The predicted octanol–water partition coefficient (Wildman–Crippen LogP) is 10.1. The van der Waals surface area contributed by atoms with E-state index in [2.05, 4.69) is 0 Å². The maximum atomic E-state index is 14.4. The summed E-state index contributed by atoms with van der Waals surface area (Å²) in [6.45, 7) is 0.479. The van der Waals surface area contributed by atoms with E-state index < -0.39 is 22.8 Å². The molecule has 2 aliphatic rings. The van der Waals surface area contributed by atoms with Gasteiger partial charge in [-0.25, -0.2) is 9.97 Å². The number of para-hydroxylation sites is 2. The van der Waals surface area contributed by atoms with Crippen LogP contribution >= 0.6 is 0 Å². The number of hydrogen-bond donors (Lipinski definition) is 2. The van der Waals surface area contributed by atoms with Crippen molar-refractivity contribution in [3.8, 4) is 11.5 Å². The molecular weight excluding hydrogens is 689 g/mol. The van der Waals surface area contributed by atoms with E-state index in [0.29, 0.717) is 48.3 Å². The Kier molecular flexibility index (Phi) is 10.2. The molecule has 0 saturated heterocycles. The third-order valence-electron chi connectivity index (χ3n) is 12.2. The Morgan fingerprint density at radius 2 is 0.891 bits per heavy atom. The number of rotatable bonds is 13. The van der Waals surface area contributed by atoms with E-state index in [0.717, 1.165) is 65.3 Å². The molecule has 8 rings (SSSR count). The van der Waals surface area contributed by atoms with Crippen LogP contribution < -0.4 is 9.47 Å². The van der Waals surface area contributed by atoms with Gasteiger partial charge in [-0.2, -0.15) is 0 Å². The summed E-state index contributed by atoms with van der Waals surface area (Å²) in [5.41, 5.74) is 0.830. The van der Waals surface area contributed by atoms with Crippen LogP contribution in [0.4, 0.5) is 0 Å². The minimum Gasteiger partial charge on any atom is -0.487 e. The van der Waals surface area contributed by atoms with E-state index in [-0.39, 0.29) is 25.0 Å². The van der Waals surface area contributed by atoms with Crippen molar-refractivity contribution in [2.24, 2.45) is 11.8 Å². The SMILES string of the molecule is O=C(O)C(c1ccc(OCc2ccc3ccccc3n2)cc1)(C1CCCCC1)C(C(=O)O)(c1ccc(OCc2ccc3ccccc3n2)cc1)C1CCCC1. The molecule has 55 heavy (non-hydrogen) atoms. The van der Waals surface area contributed by atoms with Crippen molar-refractivity contribution in [3.05, 3.63) is 144 Å². The van der Waals surface area contributed by atoms with E-state index in [1.165, 1.54) is 0 Å². The summed E-state index contributed by atoms with van der Waals surface area (Å²) in [7, 11) is 0. The van der Waals surface area contributed by atoms with Crippen molar-refractivity contribution in [1.82, 2.24) is 9.97 Å². The molecular formula is C47H46N2O6. The normalized spacial score (nSPS) is 17.4. The van der Waals surface area contributed by atoms with Gasteiger partial charge in [-0.3, -0.25) is 9.59 Å². The number of carboxylic acid groups (broad SMARTS) is 2. The molecule has 2 saturated carbocycles. The second-order valence-electron chi connectivity index (χ2n) is 15.2. The highest BCUT2D eigenvalue weighted by Gasteiger charge is 2.69. The van der Waals surface area contributed by atoms with E-state index >= 15 is 0 Å². The summed E-state index contributed by atoms with van der Waals surface area (Å²) >= 11 is 0. The third kappa shape index (κ3) is 6.68. The summed E-state index contributed by atoms with van der Waals surface area (Å²) in [4.78, 5) is 38.2. The van der Waals surface area contributed by atoms with Crippen molar-refractivity contribution in [1.29, 1.82) is 0 Å². The lowest BCUT2D eigenvalue weighted by Crippen LogP contribution is -2.65. The summed E-state index contributed by atoms with van der Waals surface area (Å²) in [5.74, 6) is -1.84. The van der Waals surface area contributed by atoms with Crippen LogP contribution in [0.25, 0.3) is 21.8 Å². The van der Waals surface area contributed by atoms with Crippen LogP contribution in [0.2, 0.25) is 0 Å². The van der Waals surface area contributed by atoms with Crippen LogP contribution in [0.3, 0.4) is 0 Å². The Morgan fingerprint density at radius 3 is 1.29 bits per heavy atom. The zero-order valence-electron chi connectivity index (χ0n) is 30.9. The second-order valence-corrected chi connectivity index (χ2v) is 15.2. The quantitative estimate of drug-likeness (QED) is 0.120. The maximum absolute atomic E-state index is 14.4. The third-order valence-corrected chi connectivity index (χ3v) is 12.2. The van der Waals surface area contributed by atoms with Gasteiger partial charge in [-0.05, 0) is 97.2 Å². The number of pyridine rings is 2. The topological polar surface area (TPSA) is 119 Å². The fourth-order valence-electron chi connectivity index (χ4n) is 9.72. The fraction of sp³-hybridized carbons (Fsp3) is 0.319. The van der Waals surface area contributed by atoms with Gasteiger partial charge in [0.2, 0.25) is 0 Å². The Morgan fingerprint density at radius 1 is 0.509 bits per heavy atom. The zero-order valence-corrected chi connectivity index (χ0v) is 30.9. The highest BCUT2D eigenvalue weighted by Crippen LogP contribution is 2.60. The summed E-state index contributed by atoms with van der Waals surface area (Å²) in [5, 5.41) is 25.6. The number of benzene rings is 4. The predicted molar refractivity (Wildman–Crippen MR) is 212 cm³/mol. The Labute approximate surface area is 321 Å². The van der Waals surface area contributed by atoms with Gasteiger partial charge in [0.25, 0.3) is 0 Å². The number of nitrogens with zero attached hydrogens (tertiary/aromatic N) is 2. The van der Waals surface area contributed by atoms with E-state index in [1.807, 2.05) is 72.8 Å². The Hall–Kier alpha value is -5.76. The van der Waals surface area contributed by atoms with Gasteiger partial charge < -0.3 is 19.7 Å². The number of carbonyl (C=O) groups is 2. The number of aromatic nitrogens is 2. The molecule has 2 aliphatic carbocycles. The van der Waals surface area contributed by atoms with Gasteiger partial charge in [-0.1, -0.05) is 105 Å². The first-order valence-electron chi connectivity index (χ1n) is 19.5. The minimum absolute atomic E-state index is 0.239. The van der Waals surface area contributed by atoms with E-state index in [1.54, 1.807) is 48.5 Å². The molecule has 2 heterocycles. The van der Waals surface area contributed by atoms with Crippen molar-refractivity contribution >= 4 is 33.7 Å². The molecule has 6 aromatic rings. The number of fused-ring (bicyclic) bond motifs is 2. The van der Waals surface area contributed by atoms with Gasteiger partial charge in [0.1, 0.15) is 35.5 Å². The summed E-state index contributed by atoms with van der Waals surface area (Å²) < 4.78 is 12.3. The van der Waals surface area contributed by atoms with Crippen molar-refractivity contribution < 1.29 is 29.3 Å². The fourth-order valence-corrected chi connectivity index (χ4v) is 9.72. The molecule has 2 fully saturated rings. The first kappa shape index (κ1) is 36.2. The molecule has 2 aromatic heterocycles. The standard InChI is InChI=1S/C47H46N2O6/c50-44(51)46(34-12-2-1-3-13-34,36-20-26-40(27-21-36)54-30-38-24-18-32-10-4-8-16-42(32)48-38)47(45(52)53,35-14-6-7-15-35)37-22-28-41(29-23-37)55-31-39-25-19-33-11-5-9-17-43(33)49-39/h4-5,8-11,16-29,34-35H,1-3,6-7,12-15,30-31H2,(H,50,51)(H,52,53). The van der Waals surface area contributed by atoms with Gasteiger partial charge in [0.05, 0.1) is 22.4 Å². The molecule has 4 aromatic carbocycles. The average molecular weight is 735 g/mol. The lowest BCUT2D eigenvalue weighted by Gasteiger charge is -2.53. The largest absolute Gasteiger partial charge is 0.487 e. The van der Waals surface area contributed by atoms with Crippen molar-refractivity contribution in [2.75, 3.05) is 0 Å². The monoisotopic (exact) mass is 734 g/mol. The zero-order chi connectivity index (χ0) is 37.8. The molecule has 0 amide bonds. The highest BCUT2D eigenvalue weighted by atomic mass is 16.5. The lowest BCUT2D eigenvalue weighted by molar-refractivity contribution is -0.167. The van der Waals surface area contributed by atoms with Crippen molar-refractivity contribution in [3.63, 3.8) is 0 Å². The molecule has 0 aliphatic heterocycles. The molecule has 0 spiro atoms. The molecule has 0 bridgehead atoms. The van der Waals surface area contributed by atoms with Gasteiger partial charge in [0, 0.05) is 10.8 Å². The van der Waals surface area contributed by atoms with Crippen LogP contribution in [-0.2, 0) is 33.6 Å². The smallest absolute Gasteiger partial charge is 0.315 e. The Balaban J connectivity index is 1.16. The van der Waals surface area contributed by atoms with Crippen LogP contribution in [0.1, 0.15) is 80.3 Å². The molecule has 2 unspecified atom stereocenters. The van der Waals surface area contributed by atoms with E-state index in [4.69, 9.17) is 19.4 Å². The van der Waals surface area contributed by atoms with E-state index in [9.17, 15) is 19.8 Å². The number of ether oxygens (including phenoxy) is 2. The number of aliphatic carboxylic acids is 2. The second kappa shape index (κ2) is 15.5. The van der Waals surface area contributed by atoms with Crippen molar-refractivity contribution in [2.45, 2.75) is 81.8 Å². The molecule has 8 heteroatoms. The summed E-state index contributed by atoms with van der Waals surface area (Å²) in [6, 6.07) is 38.1. The molecule has 2 atom stereocenters. The minimum atomic E-state index is -1.75. The molecule has 8 nitrogen and oxygen atoms in total. The average Bonchev–Trinajstić information content (AvgIpc) is 3.77. The Bertz CT molecular complexity index is 2300. The molecule has 280 valence electrons. The number of hydrogen-bond acceptors (Lipinski definition) is 6. The van der Waals surface area contributed by atoms with Crippen LogP contribution in [0, 0.1) is 11.8 Å². The highest BCUT2D eigenvalue weighted by molar-refractivity contribution is 5.97. The van der Waals surface area contributed by atoms with Gasteiger partial charge in [0.15, 0.2) is 0 Å². The maximum Gasteiger partial charge on any atom is 0.315 e. The van der Waals surface area contributed by atoms with Gasteiger partial charge >= 0.3 is 11.9 Å². The molecule has 0 radical (unpaired) electrons.